The number of nitrogens with zero attached hydrogens (tertiary/aromatic N) is 1. The number of carbonyl (C=O) groups excluding carboxylic acids is 1. The highest BCUT2D eigenvalue weighted by Gasteiger charge is 2.37. The van der Waals surface area contributed by atoms with Crippen molar-refractivity contribution in [1.29, 1.82) is 0 Å². The fraction of sp³-hybridized carbons (Fsp3) is 0.867. The molecular weight excluding hydrogens is 256 g/mol. The molecule has 0 aromatic carbocycles. The topological polar surface area (TPSA) is 83.6 Å². The largest absolute Gasteiger partial charge is 0.480 e. The van der Waals surface area contributed by atoms with Gasteiger partial charge in [-0.3, -0.25) is 9.59 Å². The zero-order chi connectivity index (χ0) is 14.5. The molecule has 2 aliphatic carbocycles. The van der Waals surface area contributed by atoms with Crippen LogP contribution in [0.25, 0.3) is 0 Å². The number of aliphatic carboxylic acids is 1. The third kappa shape index (κ3) is 3.51. The van der Waals surface area contributed by atoms with Gasteiger partial charge in [-0.2, -0.15) is 0 Å². The van der Waals surface area contributed by atoms with Gasteiger partial charge in [0.15, 0.2) is 0 Å². The second-order valence-corrected chi connectivity index (χ2v) is 6.18. The minimum absolute atomic E-state index is 0.0365. The Morgan fingerprint density at radius 1 is 1.05 bits per heavy atom. The molecular formula is C15H26N2O3. The van der Waals surface area contributed by atoms with Gasteiger partial charge in [0.05, 0.1) is 0 Å². The highest BCUT2D eigenvalue weighted by molar-refractivity contribution is 5.83. The molecule has 20 heavy (non-hydrogen) atoms. The number of hydrogen-bond acceptors (Lipinski definition) is 3. The van der Waals surface area contributed by atoms with Gasteiger partial charge in [-0.15, -0.1) is 0 Å². The first-order valence-electron chi connectivity index (χ1n) is 7.85. The maximum atomic E-state index is 12.8. The third-order valence-corrected chi connectivity index (χ3v) is 4.88. The summed E-state index contributed by atoms with van der Waals surface area (Å²) in [5, 5.41) is 9.10. The molecule has 0 aliphatic heterocycles. The van der Waals surface area contributed by atoms with Crippen LogP contribution in [0, 0.1) is 11.8 Å². The number of rotatable bonds is 5. The molecule has 0 bridgehead atoms. The molecule has 2 atom stereocenters. The van der Waals surface area contributed by atoms with Gasteiger partial charge in [0, 0.05) is 12.0 Å². The third-order valence-electron chi connectivity index (χ3n) is 4.88. The van der Waals surface area contributed by atoms with E-state index in [2.05, 4.69) is 0 Å². The van der Waals surface area contributed by atoms with E-state index in [1.54, 1.807) is 4.90 Å². The molecule has 5 heteroatoms. The average molecular weight is 282 g/mol. The number of nitrogens with two attached hydrogens (primary N) is 1. The Labute approximate surface area is 120 Å². The quantitative estimate of drug-likeness (QED) is 0.802. The monoisotopic (exact) mass is 282 g/mol. The Kier molecular flexibility index (Phi) is 5.40. The van der Waals surface area contributed by atoms with Crippen LogP contribution >= 0.6 is 0 Å². The van der Waals surface area contributed by atoms with Gasteiger partial charge in [-0.05, 0) is 38.1 Å². The number of carboxylic acids is 1. The molecule has 2 aliphatic rings. The van der Waals surface area contributed by atoms with Gasteiger partial charge < -0.3 is 15.7 Å². The highest BCUT2D eigenvalue weighted by atomic mass is 16.4. The molecule has 2 rings (SSSR count). The fourth-order valence-corrected chi connectivity index (χ4v) is 3.78. The molecule has 0 aromatic rings. The summed E-state index contributed by atoms with van der Waals surface area (Å²) < 4.78 is 0. The zero-order valence-corrected chi connectivity index (χ0v) is 12.1. The molecule has 0 saturated heterocycles. The normalized spacial score (nSPS) is 27.4. The molecule has 114 valence electrons. The first-order valence-corrected chi connectivity index (χ1v) is 7.85. The maximum Gasteiger partial charge on any atom is 0.323 e. The van der Waals surface area contributed by atoms with E-state index >= 15 is 0 Å². The smallest absolute Gasteiger partial charge is 0.323 e. The predicted molar refractivity (Wildman–Crippen MR) is 76.1 cm³/mol. The van der Waals surface area contributed by atoms with E-state index < -0.39 is 5.97 Å². The van der Waals surface area contributed by atoms with Crippen molar-refractivity contribution in [3.05, 3.63) is 0 Å². The summed E-state index contributed by atoms with van der Waals surface area (Å²) in [5.74, 6) is -0.706. The summed E-state index contributed by atoms with van der Waals surface area (Å²) in [7, 11) is 0. The van der Waals surface area contributed by atoms with E-state index in [0.717, 1.165) is 51.4 Å². The Balaban J connectivity index is 2.09. The second-order valence-electron chi connectivity index (χ2n) is 6.18. The Morgan fingerprint density at radius 3 is 2.25 bits per heavy atom. The van der Waals surface area contributed by atoms with Gasteiger partial charge in [-0.25, -0.2) is 0 Å². The lowest BCUT2D eigenvalue weighted by Gasteiger charge is -2.36. The lowest BCUT2D eigenvalue weighted by atomic mass is 9.78. The number of carbonyl (C=O) groups is 2. The van der Waals surface area contributed by atoms with E-state index in [9.17, 15) is 9.59 Å². The lowest BCUT2D eigenvalue weighted by molar-refractivity contribution is -0.149. The molecule has 2 fully saturated rings. The van der Waals surface area contributed by atoms with Crippen LogP contribution in [0.1, 0.15) is 51.4 Å². The molecule has 0 heterocycles. The van der Waals surface area contributed by atoms with Crippen molar-refractivity contribution in [3.8, 4) is 0 Å². The minimum atomic E-state index is -0.912. The fourth-order valence-electron chi connectivity index (χ4n) is 3.78. The number of carboxylic acid groups (broad SMARTS) is 1. The zero-order valence-electron chi connectivity index (χ0n) is 12.1. The second kappa shape index (κ2) is 7.07. The van der Waals surface area contributed by atoms with E-state index in [-0.39, 0.29) is 30.3 Å². The van der Waals surface area contributed by atoms with Crippen LogP contribution in [0.2, 0.25) is 0 Å². The summed E-state index contributed by atoms with van der Waals surface area (Å²) in [4.78, 5) is 25.5. The van der Waals surface area contributed by atoms with Crippen LogP contribution in [0.4, 0.5) is 0 Å². The van der Waals surface area contributed by atoms with Gasteiger partial charge in [0.25, 0.3) is 0 Å². The van der Waals surface area contributed by atoms with Crippen LogP contribution in [0.5, 0.6) is 0 Å². The minimum Gasteiger partial charge on any atom is -0.480 e. The Hall–Kier alpha value is -1.10. The van der Waals surface area contributed by atoms with Crippen molar-refractivity contribution in [3.63, 3.8) is 0 Å². The summed E-state index contributed by atoms with van der Waals surface area (Å²) in [5.41, 5.74) is 5.80. The van der Waals surface area contributed by atoms with Crippen LogP contribution in [0.3, 0.4) is 0 Å². The summed E-state index contributed by atoms with van der Waals surface area (Å²) in [6.07, 6.45) is 8.13. The standard InChI is InChI=1S/C15H26N2O3/c16-9-11-5-1-4-8-13(11)15(20)17(10-14(18)19)12-6-2-3-7-12/h11-13H,1-10,16H2,(H,18,19). The van der Waals surface area contributed by atoms with Gasteiger partial charge in [0.1, 0.15) is 6.54 Å². The summed E-state index contributed by atoms with van der Waals surface area (Å²) in [6, 6.07) is 0.124. The van der Waals surface area contributed by atoms with Crippen LogP contribution < -0.4 is 5.73 Å². The van der Waals surface area contributed by atoms with Crippen molar-refractivity contribution < 1.29 is 14.7 Å². The van der Waals surface area contributed by atoms with Gasteiger partial charge >= 0.3 is 5.97 Å². The molecule has 0 aromatic heterocycles. The van der Waals surface area contributed by atoms with Gasteiger partial charge in [0.2, 0.25) is 5.91 Å². The SMILES string of the molecule is NCC1CCCCC1C(=O)N(CC(=O)O)C1CCCC1. The summed E-state index contributed by atoms with van der Waals surface area (Å²) in [6.45, 7) is 0.374. The van der Waals surface area contributed by atoms with Crippen LogP contribution in [-0.2, 0) is 9.59 Å². The van der Waals surface area contributed by atoms with Crippen molar-refractivity contribution in [2.24, 2.45) is 17.6 Å². The van der Waals surface area contributed by atoms with Crippen molar-refractivity contribution >= 4 is 11.9 Å². The summed E-state index contributed by atoms with van der Waals surface area (Å²) >= 11 is 0. The van der Waals surface area contributed by atoms with E-state index in [4.69, 9.17) is 10.8 Å². The number of amides is 1. The predicted octanol–water partition coefficient (Wildman–Crippen LogP) is 1.61. The first kappa shape index (κ1) is 15.3. The molecule has 2 saturated carbocycles. The molecule has 3 N–H and O–H groups in total. The average Bonchev–Trinajstić information content (AvgIpc) is 2.97. The van der Waals surface area contributed by atoms with Crippen molar-refractivity contribution in [2.75, 3.05) is 13.1 Å². The van der Waals surface area contributed by atoms with Crippen molar-refractivity contribution in [2.45, 2.75) is 57.4 Å². The lowest BCUT2D eigenvalue weighted by Crippen LogP contribution is -2.48. The molecule has 5 nitrogen and oxygen atoms in total. The van der Waals surface area contributed by atoms with Crippen LogP contribution in [0.15, 0.2) is 0 Å². The molecule has 0 spiro atoms. The van der Waals surface area contributed by atoms with Crippen LogP contribution in [-0.4, -0.2) is 41.0 Å². The van der Waals surface area contributed by atoms with Gasteiger partial charge in [-0.1, -0.05) is 25.7 Å². The van der Waals surface area contributed by atoms with E-state index in [0.29, 0.717) is 6.54 Å². The van der Waals surface area contributed by atoms with E-state index in [1.807, 2.05) is 0 Å². The molecule has 1 amide bonds. The Morgan fingerprint density at radius 2 is 1.65 bits per heavy atom. The first-order chi connectivity index (χ1) is 9.63. The number of hydrogen-bond donors (Lipinski definition) is 2. The van der Waals surface area contributed by atoms with E-state index in [1.165, 1.54) is 0 Å². The van der Waals surface area contributed by atoms with Crippen molar-refractivity contribution in [1.82, 2.24) is 4.90 Å². The Bertz CT molecular complexity index is 353. The highest BCUT2D eigenvalue weighted by Crippen LogP contribution is 2.33. The molecule has 0 radical (unpaired) electrons. The molecule has 2 unspecified atom stereocenters. The maximum absolute atomic E-state index is 12.8.